The van der Waals surface area contributed by atoms with Crippen molar-refractivity contribution in [2.45, 2.75) is 0 Å². The highest BCUT2D eigenvalue weighted by Gasteiger charge is 2.12. The summed E-state index contributed by atoms with van der Waals surface area (Å²) < 4.78 is 0. The Morgan fingerprint density at radius 1 is 0.542 bits per heavy atom. The van der Waals surface area contributed by atoms with Gasteiger partial charge in [0.05, 0.1) is 0 Å². The SMILES string of the molecule is c1ccc(-c2nc(-c3cccnc3)nc(-c3ccccn3)n2)cc1. The summed E-state index contributed by atoms with van der Waals surface area (Å²) in [7, 11) is 0. The van der Waals surface area contributed by atoms with Gasteiger partial charge in [0, 0.05) is 29.7 Å². The van der Waals surface area contributed by atoms with E-state index in [1.54, 1.807) is 18.6 Å². The van der Waals surface area contributed by atoms with Crippen molar-refractivity contribution in [1.82, 2.24) is 24.9 Å². The van der Waals surface area contributed by atoms with E-state index in [1.165, 1.54) is 0 Å². The van der Waals surface area contributed by atoms with Crippen molar-refractivity contribution >= 4 is 0 Å². The standard InChI is InChI=1S/C19H13N5/c1-2-7-14(8-3-1)17-22-18(15-9-6-11-20-13-15)24-19(23-17)16-10-4-5-12-21-16/h1-13H. The number of pyridine rings is 2. The third-order valence-corrected chi connectivity index (χ3v) is 3.48. The molecule has 0 atom stereocenters. The summed E-state index contributed by atoms with van der Waals surface area (Å²) >= 11 is 0. The van der Waals surface area contributed by atoms with Gasteiger partial charge in [-0.1, -0.05) is 36.4 Å². The Morgan fingerprint density at radius 2 is 1.25 bits per heavy atom. The van der Waals surface area contributed by atoms with Crippen molar-refractivity contribution in [1.29, 1.82) is 0 Å². The van der Waals surface area contributed by atoms with Crippen LogP contribution in [-0.2, 0) is 0 Å². The molecule has 0 amide bonds. The number of hydrogen-bond donors (Lipinski definition) is 0. The highest BCUT2D eigenvalue weighted by atomic mass is 15.0. The minimum Gasteiger partial charge on any atom is -0.264 e. The Balaban J connectivity index is 1.92. The molecule has 114 valence electrons. The zero-order valence-corrected chi connectivity index (χ0v) is 12.7. The van der Waals surface area contributed by atoms with Gasteiger partial charge in [0.15, 0.2) is 17.5 Å². The van der Waals surface area contributed by atoms with E-state index >= 15 is 0 Å². The summed E-state index contributed by atoms with van der Waals surface area (Å²) in [5.74, 6) is 1.74. The maximum Gasteiger partial charge on any atom is 0.182 e. The molecule has 0 N–H and O–H groups in total. The number of benzene rings is 1. The van der Waals surface area contributed by atoms with Crippen molar-refractivity contribution in [2.24, 2.45) is 0 Å². The first-order chi connectivity index (χ1) is 11.9. The molecule has 0 spiro atoms. The van der Waals surface area contributed by atoms with Crippen molar-refractivity contribution < 1.29 is 0 Å². The number of nitrogens with zero attached hydrogens (tertiary/aromatic N) is 5. The topological polar surface area (TPSA) is 64.5 Å². The van der Waals surface area contributed by atoms with Gasteiger partial charge in [-0.05, 0) is 24.3 Å². The minimum atomic E-state index is 0.545. The molecule has 0 saturated carbocycles. The van der Waals surface area contributed by atoms with Crippen LogP contribution in [0.2, 0.25) is 0 Å². The van der Waals surface area contributed by atoms with Crippen LogP contribution in [0.1, 0.15) is 0 Å². The second-order valence-electron chi connectivity index (χ2n) is 5.13. The number of hydrogen-bond acceptors (Lipinski definition) is 5. The maximum absolute atomic E-state index is 4.61. The third-order valence-electron chi connectivity index (χ3n) is 3.48. The van der Waals surface area contributed by atoms with E-state index < -0.39 is 0 Å². The average molecular weight is 311 g/mol. The van der Waals surface area contributed by atoms with E-state index in [-0.39, 0.29) is 0 Å². The molecule has 4 aromatic rings. The second kappa shape index (κ2) is 6.34. The lowest BCUT2D eigenvalue weighted by Gasteiger charge is -2.07. The smallest absolute Gasteiger partial charge is 0.182 e. The summed E-state index contributed by atoms with van der Waals surface area (Å²) in [6.07, 6.45) is 5.19. The molecule has 0 aliphatic rings. The Bertz CT molecular complexity index is 801. The van der Waals surface area contributed by atoms with Gasteiger partial charge in [-0.15, -0.1) is 0 Å². The third kappa shape index (κ3) is 2.87. The first-order valence-electron chi connectivity index (χ1n) is 7.53. The number of aromatic nitrogens is 5. The molecule has 0 radical (unpaired) electrons. The van der Waals surface area contributed by atoms with Gasteiger partial charge in [0.25, 0.3) is 0 Å². The molecule has 0 saturated heterocycles. The van der Waals surface area contributed by atoms with Crippen LogP contribution in [0, 0.1) is 0 Å². The van der Waals surface area contributed by atoms with Gasteiger partial charge < -0.3 is 0 Å². The van der Waals surface area contributed by atoms with Gasteiger partial charge in [-0.2, -0.15) is 0 Å². The fourth-order valence-electron chi connectivity index (χ4n) is 2.33. The molecule has 0 bridgehead atoms. The van der Waals surface area contributed by atoms with E-state index in [1.807, 2.05) is 60.7 Å². The summed E-state index contributed by atoms with van der Waals surface area (Å²) in [6, 6.07) is 19.3. The Labute approximate surface area is 139 Å². The monoisotopic (exact) mass is 311 g/mol. The lowest BCUT2D eigenvalue weighted by atomic mass is 10.2. The average Bonchev–Trinajstić information content (AvgIpc) is 2.70. The van der Waals surface area contributed by atoms with Crippen molar-refractivity contribution in [3.05, 3.63) is 79.3 Å². The summed E-state index contributed by atoms with van der Waals surface area (Å²) in [6.45, 7) is 0. The van der Waals surface area contributed by atoms with Gasteiger partial charge in [0.2, 0.25) is 0 Å². The van der Waals surface area contributed by atoms with Crippen molar-refractivity contribution in [3.8, 4) is 34.3 Å². The molecule has 5 heteroatoms. The van der Waals surface area contributed by atoms with Gasteiger partial charge in [-0.25, -0.2) is 15.0 Å². The zero-order chi connectivity index (χ0) is 16.2. The second-order valence-corrected chi connectivity index (χ2v) is 5.13. The van der Waals surface area contributed by atoms with E-state index in [0.29, 0.717) is 23.2 Å². The van der Waals surface area contributed by atoms with E-state index in [0.717, 1.165) is 11.1 Å². The van der Waals surface area contributed by atoms with Crippen LogP contribution in [0.4, 0.5) is 0 Å². The van der Waals surface area contributed by atoms with Crippen LogP contribution in [-0.4, -0.2) is 24.9 Å². The van der Waals surface area contributed by atoms with Crippen molar-refractivity contribution in [3.63, 3.8) is 0 Å². The van der Waals surface area contributed by atoms with E-state index in [4.69, 9.17) is 0 Å². The highest BCUT2D eigenvalue weighted by Crippen LogP contribution is 2.22. The first kappa shape index (κ1) is 14.1. The molecule has 4 rings (SSSR count). The fraction of sp³-hybridized carbons (Fsp3) is 0. The summed E-state index contributed by atoms with van der Waals surface area (Å²) in [4.78, 5) is 22.3. The first-order valence-corrected chi connectivity index (χ1v) is 7.53. The lowest BCUT2D eigenvalue weighted by Crippen LogP contribution is -2.01. The lowest BCUT2D eigenvalue weighted by molar-refractivity contribution is 1.06. The van der Waals surface area contributed by atoms with Crippen molar-refractivity contribution in [2.75, 3.05) is 0 Å². The Hall–Kier alpha value is -3.47. The highest BCUT2D eigenvalue weighted by molar-refractivity contribution is 5.64. The zero-order valence-electron chi connectivity index (χ0n) is 12.7. The van der Waals surface area contributed by atoms with E-state index in [2.05, 4.69) is 24.9 Å². The van der Waals surface area contributed by atoms with Crippen LogP contribution in [0.15, 0.2) is 79.3 Å². The van der Waals surface area contributed by atoms with Crippen LogP contribution in [0.5, 0.6) is 0 Å². The normalized spacial score (nSPS) is 10.5. The van der Waals surface area contributed by atoms with Crippen LogP contribution < -0.4 is 0 Å². The molecule has 0 unspecified atom stereocenters. The molecule has 24 heavy (non-hydrogen) atoms. The minimum absolute atomic E-state index is 0.545. The van der Waals surface area contributed by atoms with E-state index in [9.17, 15) is 0 Å². The molecular formula is C19H13N5. The Kier molecular flexibility index (Phi) is 3.73. The quantitative estimate of drug-likeness (QED) is 0.577. The largest absolute Gasteiger partial charge is 0.264 e. The predicted octanol–water partition coefficient (Wildman–Crippen LogP) is 3.66. The molecule has 3 aromatic heterocycles. The van der Waals surface area contributed by atoms with Crippen LogP contribution in [0.3, 0.4) is 0 Å². The fourth-order valence-corrected chi connectivity index (χ4v) is 2.33. The van der Waals surface area contributed by atoms with Gasteiger partial charge in [-0.3, -0.25) is 9.97 Å². The predicted molar refractivity (Wildman–Crippen MR) is 91.7 cm³/mol. The molecule has 5 nitrogen and oxygen atoms in total. The molecular weight excluding hydrogens is 298 g/mol. The molecule has 0 aliphatic carbocycles. The Morgan fingerprint density at radius 3 is 1.96 bits per heavy atom. The van der Waals surface area contributed by atoms with Crippen LogP contribution >= 0.6 is 0 Å². The van der Waals surface area contributed by atoms with Gasteiger partial charge in [0.1, 0.15) is 5.69 Å². The van der Waals surface area contributed by atoms with Gasteiger partial charge >= 0.3 is 0 Å². The maximum atomic E-state index is 4.61. The molecule has 3 heterocycles. The number of rotatable bonds is 3. The van der Waals surface area contributed by atoms with Crippen LogP contribution in [0.25, 0.3) is 34.3 Å². The summed E-state index contributed by atoms with van der Waals surface area (Å²) in [5, 5.41) is 0. The summed E-state index contributed by atoms with van der Waals surface area (Å²) in [5.41, 5.74) is 2.48. The molecule has 0 fully saturated rings. The molecule has 0 aliphatic heterocycles. The molecule has 1 aromatic carbocycles.